The average Bonchev–Trinajstić information content (AvgIpc) is 2.18. The zero-order valence-electron chi connectivity index (χ0n) is 10.3. The lowest BCUT2D eigenvalue weighted by atomic mass is 10.0. The Labute approximate surface area is 92.8 Å². The molecule has 1 aliphatic heterocycles. The lowest BCUT2D eigenvalue weighted by Crippen LogP contribution is -2.55. The standard InChI is InChI=1S/C12H24FNO/c1-11-9-14(8-6-4-5-7-13)12(2,3)10-15-11/h11H,4-10H2,1-3H3. The zero-order chi connectivity index (χ0) is 11.3. The Morgan fingerprint density at radius 1 is 1.33 bits per heavy atom. The molecule has 0 radical (unpaired) electrons. The van der Waals surface area contributed by atoms with Gasteiger partial charge in [-0.25, -0.2) is 0 Å². The molecule has 0 aliphatic carbocycles. The fourth-order valence-corrected chi connectivity index (χ4v) is 2.02. The van der Waals surface area contributed by atoms with Crippen LogP contribution in [0.25, 0.3) is 0 Å². The second-order valence-electron chi connectivity index (χ2n) is 5.13. The second-order valence-corrected chi connectivity index (χ2v) is 5.13. The van der Waals surface area contributed by atoms with E-state index in [4.69, 9.17) is 4.74 Å². The summed E-state index contributed by atoms with van der Waals surface area (Å²) in [4.78, 5) is 2.47. The number of hydrogen-bond acceptors (Lipinski definition) is 2. The van der Waals surface area contributed by atoms with Crippen LogP contribution in [0.1, 0.15) is 40.0 Å². The van der Waals surface area contributed by atoms with Gasteiger partial charge in [0.1, 0.15) is 0 Å². The molecule has 3 heteroatoms. The summed E-state index contributed by atoms with van der Waals surface area (Å²) in [5.74, 6) is 0. The lowest BCUT2D eigenvalue weighted by Gasteiger charge is -2.44. The van der Waals surface area contributed by atoms with Crippen LogP contribution in [-0.4, -0.2) is 42.9 Å². The molecule has 0 saturated carbocycles. The van der Waals surface area contributed by atoms with Crippen LogP contribution in [-0.2, 0) is 4.74 Å². The number of halogens is 1. The monoisotopic (exact) mass is 217 g/mol. The first kappa shape index (κ1) is 12.9. The highest BCUT2D eigenvalue weighted by atomic mass is 19.1. The van der Waals surface area contributed by atoms with E-state index in [0.717, 1.165) is 32.5 Å². The summed E-state index contributed by atoms with van der Waals surface area (Å²) in [7, 11) is 0. The summed E-state index contributed by atoms with van der Waals surface area (Å²) >= 11 is 0. The first-order chi connectivity index (χ1) is 7.06. The van der Waals surface area contributed by atoms with Gasteiger partial charge in [-0.1, -0.05) is 0 Å². The van der Waals surface area contributed by atoms with Gasteiger partial charge in [-0.15, -0.1) is 0 Å². The van der Waals surface area contributed by atoms with E-state index < -0.39 is 0 Å². The van der Waals surface area contributed by atoms with Gasteiger partial charge in [-0.2, -0.15) is 0 Å². The Balaban J connectivity index is 2.30. The predicted molar refractivity (Wildman–Crippen MR) is 60.9 cm³/mol. The number of ether oxygens (including phenoxy) is 1. The van der Waals surface area contributed by atoms with Crippen molar-refractivity contribution < 1.29 is 9.13 Å². The minimum absolute atomic E-state index is 0.141. The maximum absolute atomic E-state index is 11.9. The number of morpholine rings is 1. The van der Waals surface area contributed by atoms with Crippen molar-refractivity contribution in [3.05, 3.63) is 0 Å². The molecule has 90 valence electrons. The molecule has 1 fully saturated rings. The average molecular weight is 217 g/mol. The summed E-state index contributed by atoms with van der Waals surface area (Å²) in [5, 5.41) is 0. The van der Waals surface area contributed by atoms with Gasteiger partial charge < -0.3 is 4.74 Å². The van der Waals surface area contributed by atoms with Gasteiger partial charge in [0.15, 0.2) is 0 Å². The summed E-state index contributed by atoms with van der Waals surface area (Å²) in [5.41, 5.74) is 0.141. The molecular formula is C12H24FNO. The van der Waals surface area contributed by atoms with E-state index in [-0.39, 0.29) is 12.2 Å². The normalized spacial score (nSPS) is 26.8. The third-order valence-corrected chi connectivity index (χ3v) is 3.12. The summed E-state index contributed by atoms with van der Waals surface area (Å²) < 4.78 is 17.6. The minimum Gasteiger partial charge on any atom is -0.375 e. The van der Waals surface area contributed by atoms with E-state index in [1.165, 1.54) is 0 Å². The minimum atomic E-state index is -0.178. The number of alkyl halides is 1. The Morgan fingerprint density at radius 2 is 2.07 bits per heavy atom. The maximum Gasteiger partial charge on any atom is 0.0894 e. The van der Waals surface area contributed by atoms with Crippen LogP contribution < -0.4 is 0 Å². The van der Waals surface area contributed by atoms with Crippen molar-refractivity contribution >= 4 is 0 Å². The third kappa shape index (κ3) is 4.07. The number of hydrogen-bond donors (Lipinski definition) is 0. The number of nitrogens with zero attached hydrogens (tertiary/aromatic N) is 1. The largest absolute Gasteiger partial charge is 0.375 e. The number of rotatable bonds is 5. The van der Waals surface area contributed by atoms with Crippen molar-refractivity contribution in [3.63, 3.8) is 0 Å². The Hall–Kier alpha value is -0.150. The molecule has 0 aromatic carbocycles. The van der Waals surface area contributed by atoms with Crippen LogP contribution >= 0.6 is 0 Å². The van der Waals surface area contributed by atoms with Gasteiger partial charge in [0.2, 0.25) is 0 Å². The van der Waals surface area contributed by atoms with E-state index in [2.05, 4.69) is 25.7 Å². The molecule has 1 unspecified atom stereocenters. The molecule has 0 bridgehead atoms. The predicted octanol–water partition coefficient (Wildman–Crippen LogP) is 2.63. The van der Waals surface area contributed by atoms with E-state index in [1.807, 2.05) is 0 Å². The molecule has 0 spiro atoms. The molecule has 0 amide bonds. The molecule has 1 saturated heterocycles. The molecule has 0 aromatic heterocycles. The van der Waals surface area contributed by atoms with Gasteiger partial charge in [0.25, 0.3) is 0 Å². The van der Waals surface area contributed by atoms with Crippen LogP contribution in [0.4, 0.5) is 4.39 Å². The van der Waals surface area contributed by atoms with Gasteiger partial charge in [-0.05, 0) is 46.6 Å². The molecule has 1 aliphatic rings. The van der Waals surface area contributed by atoms with Crippen molar-refractivity contribution in [2.75, 3.05) is 26.4 Å². The maximum atomic E-state index is 11.9. The van der Waals surface area contributed by atoms with Crippen molar-refractivity contribution in [3.8, 4) is 0 Å². The topological polar surface area (TPSA) is 12.5 Å². The van der Waals surface area contributed by atoms with E-state index >= 15 is 0 Å². The van der Waals surface area contributed by atoms with Crippen LogP contribution in [0.2, 0.25) is 0 Å². The SMILES string of the molecule is CC1CN(CCCCCF)C(C)(C)CO1. The molecule has 0 aromatic rings. The molecule has 0 N–H and O–H groups in total. The highest BCUT2D eigenvalue weighted by Crippen LogP contribution is 2.22. The molecule has 1 rings (SSSR count). The molecule has 1 heterocycles. The molecular weight excluding hydrogens is 193 g/mol. The Kier molecular flexibility index (Phi) is 5.00. The fourth-order valence-electron chi connectivity index (χ4n) is 2.02. The molecule has 2 nitrogen and oxygen atoms in total. The van der Waals surface area contributed by atoms with E-state index in [0.29, 0.717) is 12.5 Å². The van der Waals surface area contributed by atoms with Gasteiger partial charge in [0.05, 0.1) is 19.4 Å². The lowest BCUT2D eigenvalue weighted by molar-refractivity contribution is -0.0914. The third-order valence-electron chi connectivity index (χ3n) is 3.12. The first-order valence-electron chi connectivity index (χ1n) is 5.99. The highest BCUT2D eigenvalue weighted by Gasteiger charge is 2.32. The summed E-state index contributed by atoms with van der Waals surface area (Å²) in [6.07, 6.45) is 3.14. The Bertz CT molecular complexity index is 184. The number of unbranched alkanes of at least 4 members (excludes halogenated alkanes) is 2. The smallest absolute Gasteiger partial charge is 0.0894 e. The highest BCUT2D eigenvalue weighted by molar-refractivity contribution is 4.86. The fraction of sp³-hybridized carbons (Fsp3) is 1.00. The Morgan fingerprint density at radius 3 is 2.73 bits per heavy atom. The summed E-state index contributed by atoms with van der Waals surface area (Å²) in [6.45, 7) is 9.25. The zero-order valence-corrected chi connectivity index (χ0v) is 10.3. The summed E-state index contributed by atoms with van der Waals surface area (Å²) in [6, 6.07) is 0. The van der Waals surface area contributed by atoms with Crippen molar-refractivity contribution in [2.45, 2.75) is 51.7 Å². The first-order valence-corrected chi connectivity index (χ1v) is 5.99. The molecule has 1 atom stereocenters. The van der Waals surface area contributed by atoms with Gasteiger partial charge >= 0.3 is 0 Å². The van der Waals surface area contributed by atoms with Gasteiger partial charge in [0, 0.05) is 12.1 Å². The van der Waals surface area contributed by atoms with E-state index in [9.17, 15) is 4.39 Å². The van der Waals surface area contributed by atoms with Crippen LogP contribution in [0.3, 0.4) is 0 Å². The molecule has 15 heavy (non-hydrogen) atoms. The van der Waals surface area contributed by atoms with Crippen LogP contribution in [0, 0.1) is 0 Å². The van der Waals surface area contributed by atoms with Crippen LogP contribution in [0.15, 0.2) is 0 Å². The van der Waals surface area contributed by atoms with E-state index in [1.54, 1.807) is 0 Å². The van der Waals surface area contributed by atoms with Crippen molar-refractivity contribution in [1.29, 1.82) is 0 Å². The van der Waals surface area contributed by atoms with Crippen LogP contribution in [0.5, 0.6) is 0 Å². The van der Waals surface area contributed by atoms with Crippen molar-refractivity contribution in [2.24, 2.45) is 0 Å². The second kappa shape index (κ2) is 5.80. The van der Waals surface area contributed by atoms with Gasteiger partial charge in [-0.3, -0.25) is 9.29 Å². The van der Waals surface area contributed by atoms with Crippen molar-refractivity contribution in [1.82, 2.24) is 4.90 Å². The quantitative estimate of drug-likeness (QED) is 0.656.